The first-order chi connectivity index (χ1) is 11.2. The number of aromatic nitrogens is 1. The molecular formula is C18H24ClFN2O2. The Balaban J connectivity index is 0.00000208. The number of benzene rings is 1. The molecule has 0 amide bonds. The van der Waals surface area contributed by atoms with Crippen LogP contribution >= 0.6 is 12.4 Å². The first kappa shape index (κ1) is 18.9. The van der Waals surface area contributed by atoms with Gasteiger partial charge < -0.3 is 9.72 Å². The summed E-state index contributed by atoms with van der Waals surface area (Å²) in [6, 6.07) is 6.83. The number of halogens is 2. The van der Waals surface area contributed by atoms with Crippen molar-refractivity contribution in [3.8, 4) is 0 Å². The topological polar surface area (TPSA) is 45.3 Å². The number of hydrogen-bond acceptors (Lipinski definition) is 3. The van der Waals surface area contributed by atoms with Crippen molar-refractivity contribution in [3.63, 3.8) is 0 Å². The molecule has 1 aromatic heterocycles. The first-order valence-electron chi connectivity index (χ1n) is 8.31. The highest BCUT2D eigenvalue weighted by Gasteiger charge is 2.24. The van der Waals surface area contributed by atoms with Crippen molar-refractivity contribution in [2.45, 2.75) is 32.2 Å². The number of rotatable bonds is 6. The van der Waals surface area contributed by atoms with Crippen LogP contribution in [0.5, 0.6) is 0 Å². The summed E-state index contributed by atoms with van der Waals surface area (Å²) < 4.78 is 19.5. The Kier molecular flexibility index (Phi) is 6.78. The van der Waals surface area contributed by atoms with Gasteiger partial charge in [0.1, 0.15) is 5.82 Å². The van der Waals surface area contributed by atoms with E-state index in [2.05, 4.69) is 9.88 Å². The standard InChI is InChI=1S/C18H23FN2O2.ClH/c1-2-23-12-14-5-4-9-21(14)10-8-13-11-16-15(18(22)20-13)6-3-7-17(16)19;/h3,6-7,11,14H,2,4-5,8-10,12H2,1H3,(H,20,22);1H. The summed E-state index contributed by atoms with van der Waals surface area (Å²) in [7, 11) is 0. The highest BCUT2D eigenvalue weighted by atomic mass is 35.5. The van der Waals surface area contributed by atoms with Crippen LogP contribution in [0.1, 0.15) is 25.5 Å². The van der Waals surface area contributed by atoms with Crippen LogP contribution in [0.4, 0.5) is 4.39 Å². The van der Waals surface area contributed by atoms with E-state index in [0.29, 0.717) is 23.2 Å². The molecule has 1 fully saturated rings. The van der Waals surface area contributed by atoms with E-state index in [9.17, 15) is 9.18 Å². The fourth-order valence-corrected chi connectivity index (χ4v) is 3.34. The number of aromatic amines is 1. The number of ether oxygens (including phenoxy) is 1. The highest BCUT2D eigenvalue weighted by Crippen LogP contribution is 2.19. The van der Waals surface area contributed by atoms with Crippen LogP contribution in [0, 0.1) is 5.82 Å². The number of H-pyrrole nitrogens is 1. The maximum absolute atomic E-state index is 13.9. The lowest BCUT2D eigenvalue weighted by atomic mass is 10.1. The lowest BCUT2D eigenvalue weighted by Gasteiger charge is -2.24. The fourth-order valence-electron chi connectivity index (χ4n) is 3.34. The van der Waals surface area contributed by atoms with Crippen LogP contribution in [0.15, 0.2) is 29.1 Å². The van der Waals surface area contributed by atoms with E-state index in [1.165, 1.54) is 12.5 Å². The molecule has 0 spiro atoms. The zero-order valence-electron chi connectivity index (χ0n) is 13.9. The van der Waals surface area contributed by atoms with E-state index in [0.717, 1.165) is 38.4 Å². The zero-order chi connectivity index (χ0) is 16.2. The van der Waals surface area contributed by atoms with Crippen molar-refractivity contribution < 1.29 is 9.13 Å². The molecule has 24 heavy (non-hydrogen) atoms. The highest BCUT2D eigenvalue weighted by molar-refractivity contribution is 5.85. The van der Waals surface area contributed by atoms with Gasteiger partial charge in [0.2, 0.25) is 0 Å². The van der Waals surface area contributed by atoms with Crippen molar-refractivity contribution in [1.29, 1.82) is 0 Å². The number of fused-ring (bicyclic) bond motifs is 1. The van der Waals surface area contributed by atoms with Gasteiger partial charge in [-0.25, -0.2) is 4.39 Å². The minimum atomic E-state index is -0.342. The Hall–Kier alpha value is -1.43. The second-order valence-electron chi connectivity index (χ2n) is 6.07. The van der Waals surface area contributed by atoms with Crippen LogP contribution in [-0.4, -0.2) is 42.2 Å². The van der Waals surface area contributed by atoms with Crippen molar-refractivity contribution in [2.75, 3.05) is 26.3 Å². The Labute approximate surface area is 147 Å². The summed E-state index contributed by atoms with van der Waals surface area (Å²) in [5.74, 6) is -0.342. The summed E-state index contributed by atoms with van der Waals surface area (Å²) in [6.45, 7) is 5.42. The predicted molar refractivity (Wildman–Crippen MR) is 96.6 cm³/mol. The van der Waals surface area contributed by atoms with E-state index in [-0.39, 0.29) is 23.8 Å². The Morgan fingerprint density at radius 3 is 3.00 bits per heavy atom. The summed E-state index contributed by atoms with van der Waals surface area (Å²) >= 11 is 0. The molecule has 1 aromatic carbocycles. The van der Waals surface area contributed by atoms with Crippen molar-refractivity contribution in [1.82, 2.24) is 9.88 Å². The minimum Gasteiger partial charge on any atom is -0.380 e. The molecule has 132 valence electrons. The lowest BCUT2D eigenvalue weighted by Crippen LogP contribution is -2.35. The molecule has 6 heteroatoms. The van der Waals surface area contributed by atoms with Gasteiger partial charge >= 0.3 is 0 Å². The van der Waals surface area contributed by atoms with Gasteiger partial charge in [0.15, 0.2) is 0 Å². The molecule has 3 rings (SSSR count). The van der Waals surface area contributed by atoms with E-state index < -0.39 is 0 Å². The normalized spacial score (nSPS) is 18.0. The van der Waals surface area contributed by atoms with Crippen molar-refractivity contribution in [2.24, 2.45) is 0 Å². The molecule has 2 aromatic rings. The molecule has 2 heterocycles. The largest absolute Gasteiger partial charge is 0.380 e. The van der Waals surface area contributed by atoms with Gasteiger partial charge in [-0.3, -0.25) is 9.69 Å². The third-order valence-corrected chi connectivity index (χ3v) is 4.57. The van der Waals surface area contributed by atoms with Gasteiger partial charge in [0, 0.05) is 42.1 Å². The maximum Gasteiger partial charge on any atom is 0.256 e. The SMILES string of the molecule is CCOCC1CCCN1CCc1cc2c(F)cccc2c(=O)[nH]1.Cl. The molecule has 1 aliphatic heterocycles. The molecule has 1 saturated heterocycles. The average Bonchev–Trinajstić information content (AvgIpc) is 2.99. The summed E-state index contributed by atoms with van der Waals surface area (Å²) in [5.41, 5.74) is 0.568. The molecule has 0 aliphatic carbocycles. The monoisotopic (exact) mass is 354 g/mol. The minimum absolute atomic E-state index is 0. The van der Waals surface area contributed by atoms with Gasteiger partial charge in [-0.15, -0.1) is 12.4 Å². The summed E-state index contributed by atoms with van der Waals surface area (Å²) in [6.07, 6.45) is 3.05. The van der Waals surface area contributed by atoms with Crippen LogP contribution in [-0.2, 0) is 11.2 Å². The molecule has 1 N–H and O–H groups in total. The summed E-state index contributed by atoms with van der Waals surface area (Å²) in [4.78, 5) is 17.4. The van der Waals surface area contributed by atoms with E-state index in [4.69, 9.17) is 4.74 Å². The Morgan fingerprint density at radius 2 is 2.21 bits per heavy atom. The van der Waals surface area contributed by atoms with E-state index in [1.54, 1.807) is 18.2 Å². The molecule has 1 atom stereocenters. The third-order valence-electron chi connectivity index (χ3n) is 4.57. The molecular weight excluding hydrogens is 331 g/mol. The number of hydrogen-bond donors (Lipinski definition) is 1. The van der Waals surface area contributed by atoms with Gasteiger partial charge in [-0.1, -0.05) is 6.07 Å². The number of likely N-dealkylation sites (tertiary alicyclic amines) is 1. The Morgan fingerprint density at radius 1 is 1.38 bits per heavy atom. The molecule has 4 nitrogen and oxygen atoms in total. The first-order valence-corrected chi connectivity index (χ1v) is 8.31. The second-order valence-corrected chi connectivity index (χ2v) is 6.07. The smallest absolute Gasteiger partial charge is 0.256 e. The molecule has 1 unspecified atom stereocenters. The van der Waals surface area contributed by atoms with E-state index in [1.807, 2.05) is 6.92 Å². The van der Waals surface area contributed by atoms with Gasteiger partial charge in [0.25, 0.3) is 5.56 Å². The summed E-state index contributed by atoms with van der Waals surface area (Å²) in [5, 5.41) is 0.808. The van der Waals surface area contributed by atoms with Gasteiger partial charge in [0.05, 0.1) is 6.61 Å². The number of pyridine rings is 1. The van der Waals surface area contributed by atoms with Crippen molar-refractivity contribution in [3.05, 3.63) is 46.1 Å². The van der Waals surface area contributed by atoms with Crippen LogP contribution in [0.2, 0.25) is 0 Å². The second kappa shape index (κ2) is 8.60. The molecule has 0 radical (unpaired) electrons. The lowest BCUT2D eigenvalue weighted by molar-refractivity contribution is 0.0856. The molecule has 1 aliphatic rings. The predicted octanol–water partition coefficient (Wildman–Crippen LogP) is 3.13. The van der Waals surface area contributed by atoms with Crippen LogP contribution in [0.25, 0.3) is 10.8 Å². The van der Waals surface area contributed by atoms with Crippen LogP contribution in [0.3, 0.4) is 0 Å². The van der Waals surface area contributed by atoms with E-state index >= 15 is 0 Å². The number of nitrogens with one attached hydrogen (secondary N) is 1. The third kappa shape index (κ3) is 4.15. The number of nitrogens with zero attached hydrogens (tertiary/aromatic N) is 1. The average molecular weight is 355 g/mol. The maximum atomic E-state index is 13.9. The molecule has 0 saturated carbocycles. The van der Waals surface area contributed by atoms with Gasteiger partial charge in [-0.05, 0) is 44.5 Å². The quantitative estimate of drug-likeness (QED) is 0.866. The zero-order valence-corrected chi connectivity index (χ0v) is 14.7. The van der Waals surface area contributed by atoms with Gasteiger partial charge in [-0.2, -0.15) is 0 Å². The fraction of sp³-hybridized carbons (Fsp3) is 0.500. The Bertz CT molecular complexity index is 735. The van der Waals surface area contributed by atoms with Crippen molar-refractivity contribution >= 4 is 23.2 Å². The van der Waals surface area contributed by atoms with Crippen LogP contribution < -0.4 is 5.56 Å². The molecule has 0 bridgehead atoms.